The number of aromatic nitrogens is 3. The van der Waals surface area contributed by atoms with Crippen LogP contribution >= 0.6 is 0 Å². The first kappa shape index (κ1) is 20.1. The van der Waals surface area contributed by atoms with Crippen molar-refractivity contribution >= 4 is 5.91 Å². The first-order chi connectivity index (χ1) is 14.0. The van der Waals surface area contributed by atoms with Crippen molar-refractivity contribution in [1.29, 1.82) is 0 Å². The number of piperidine rings is 1. The highest BCUT2D eigenvalue weighted by Gasteiger charge is 2.33. The van der Waals surface area contributed by atoms with Crippen molar-refractivity contribution in [2.75, 3.05) is 26.2 Å². The van der Waals surface area contributed by atoms with Gasteiger partial charge in [-0.15, -0.1) is 0 Å². The molecular weight excluding hydrogens is 366 g/mol. The van der Waals surface area contributed by atoms with Crippen LogP contribution in [0.3, 0.4) is 0 Å². The van der Waals surface area contributed by atoms with Gasteiger partial charge >= 0.3 is 0 Å². The summed E-state index contributed by atoms with van der Waals surface area (Å²) in [4.78, 5) is 17.7. The van der Waals surface area contributed by atoms with E-state index in [0.717, 1.165) is 67.2 Å². The van der Waals surface area contributed by atoms with E-state index in [-0.39, 0.29) is 11.9 Å². The quantitative estimate of drug-likeness (QED) is 0.785. The Bertz CT molecular complexity index is 848. The van der Waals surface area contributed by atoms with E-state index < -0.39 is 0 Å². The van der Waals surface area contributed by atoms with Crippen LogP contribution < -0.4 is 0 Å². The van der Waals surface area contributed by atoms with Crippen LogP contribution in [0.2, 0.25) is 0 Å². The topological polar surface area (TPSA) is 67.4 Å². The van der Waals surface area contributed by atoms with Gasteiger partial charge in [-0.3, -0.25) is 14.4 Å². The van der Waals surface area contributed by atoms with E-state index in [1.165, 1.54) is 25.7 Å². The number of carbonyl (C=O) groups excluding carboxylic acids is 1. The van der Waals surface area contributed by atoms with E-state index >= 15 is 0 Å². The average molecular weight is 400 g/mol. The minimum Gasteiger partial charge on any atom is -0.356 e. The lowest BCUT2D eigenvalue weighted by atomic mass is 9.95. The van der Waals surface area contributed by atoms with E-state index in [2.05, 4.69) is 15.0 Å². The Balaban J connectivity index is 1.59. The summed E-state index contributed by atoms with van der Waals surface area (Å²) in [6, 6.07) is 0.00392. The van der Waals surface area contributed by atoms with Crippen molar-refractivity contribution in [2.45, 2.75) is 64.8 Å². The van der Waals surface area contributed by atoms with Gasteiger partial charge < -0.3 is 9.42 Å². The predicted octanol–water partition coefficient (Wildman–Crippen LogP) is 3.62. The maximum absolute atomic E-state index is 13.3. The number of hydrogen-bond donors (Lipinski definition) is 0. The van der Waals surface area contributed by atoms with Crippen LogP contribution in [-0.4, -0.2) is 56.8 Å². The van der Waals surface area contributed by atoms with E-state index in [9.17, 15) is 4.79 Å². The van der Waals surface area contributed by atoms with Gasteiger partial charge in [-0.25, -0.2) is 0 Å². The van der Waals surface area contributed by atoms with Gasteiger partial charge in [0.15, 0.2) is 5.76 Å². The molecule has 2 aliphatic rings. The first-order valence-electron chi connectivity index (χ1n) is 11.0. The van der Waals surface area contributed by atoms with Gasteiger partial charge in [-0.05, 0) is 59.0 Å². The highest BCUT2D eigenvalue weighted by atomic mass is 16.5. The molecule has 7 heteroatoms. The number of rotatable bonds is 4. The fourth-order valence-electron chi connectivity index (χ4n) is 4.68. The number of aryl methyl sites for hydroxylation is 2. The molecule has 0 aromatic carbocycles. The van der Waals surface area contributed by atoms with E-state index in [1.807, 2.05) is 31.8 Å². The summed E-state index contributed by atoms with van der Waals surface area (Å²) in [6.45, 7) is 7.39. The third kappa shape index (κ3) is 4.25. The van der Waals surface area contributed by atoms with Crippen LogP contribution in [0.25, 0.3) is 11.3 Å². The lowest BCUT2D eigenvalue weighted by molar-refractivity contribution is -0.136. The molecule has 0 bridgehead atoms. The summed E-state index contributed by atoms with van der Waals surface area (Å²) in [6.07, 6.45) is 10.1. The molecule has 1 atom stereocenters. The normalized spacial score (nSPS) is 21.3. The van der Waals surface area contributed by atoms with Gasteiger partial charge in [-0.1, -0.05) is 18.0 Å². The van der Waals surface area contributed by atoms with Crippen molar-refractivity contribution in [2.24, 2.45) is 7.05 Å². The largest absolute Gasteiger partial charge is 0.356 e. The van der Waals surface area contributed by atoms with Crippen LogP contribution in [0.5, 0.6) is 0 Å². The molecule has 4 heterocycles. The van der Waals surface area contributed by atoms with E-state index in [0.29, 0.717) is 6.54 Å². The van der Waals surface area contributed by atoms with Crippen LogP contribution in [-0.2, 0) is 11.8 Å². The molecule has 29 heavy (non-hydrogen) atoms. The molecule has 2 saturated heterocycles. The van der Waals surface area contributed by atoms with Gasteiger partial charge in [0.1, 0.15) is 0 Å². The van der Waals surface area contributed by atoms with Gasteiger partial charge in [0.25, 0.3) is 0 Å². The minimum absolute atomic E-state index is 0.00392. The molecule has 7 nitrogen and oxygen atoms in total. The Hall–Kier alpha value is -2.15. The standard InChI is InChI=1S/C22H33N5O2/c1-16-17(2)24-29-22(16)18-14-25(3)23-21(18)19-10-6-9-13-27(19)20(28)15-26-11-7-4-5-8-12-26/h14,19H,4-13,15H2,1-3H3/t19-/m0/s1. The summed E-state index contributed by atoms with van der Waals surface area (Å²) in [5.74, 6) is 1.01. The Labute approximate surface area is 173 Å². The molecule has 1 amide bonds. The smallest absolute Gasteiger partial charge is 0.237 e. The van der Waals surface area contributed by atoms with Crippen molar-refractivity contribution < 1.29 is 9.32 Å². The molecule has 0 spiro atoms. The molecule has 0 saturated carbocycles. The Kier molecular flexibility index (Phi) is 6.04. The summed E-state index contributed by atoms with van der Waals surface area (Å²) >= 11 is 0. The Morgan fingerprint density at radius 2 is 1.83 bits per heavy atom. The molecule has 0 unspecified atom stereocenters. The summed E-state index contributed by atoms with van der Waals surface area (Å²) in [5.41, 5.74) is 3.84. The van der Waals surface area contributed by atoms with Gasteiger partial charge in [0.2, 0.25) is 5.91 Å². The maximum Gasteiger partial charge on any atom is 0.237 e. The second-order valence-corrected chi connectivity index (χ2v) is 8.61. The molecule has 0 radical (unpaired) electrons. The van der Waals surface area contributed by atoms with E-state index in [4.69, 9.17) is 9.62 Å². The number of carbonyl (C=O) groups is 1. The van der Waals surface area contributed by atoms with Crippen LogP contribution in [0.15, 0.2) is 10.7 Å². The highest BCUT2D eigenvalue weighted by molar-refractivity contribution is 5.79. The van der Waals surface area contributed by atoms with Crippen LogP contribution in [0.1, 0.15) is 67.9 Å². The minimum atomic E-state index is 0.00392. The molecule has 0 aliphatic carbocycles. The number of likely N-dealkylation sites (tertiary alicyclic amines) is 2. The number of amides is 1. The second-order valence-electron chi connectivity index (χ2n) is 8.61. The monoisotopic (exact) mass is 399 g/mol. The van der Waals surface area contributed by atoms with Crippen LogP contribution in [0.4, 0.5) is 0 Å². The third-order valence-corrected chi connectivity index (χ3v) is 6.46. The van der Waals surface area contributed by atoms with Crippen molar-refractivity contribution in [3.8, 4) is 11.3 Å². The Morgan fingerprint density at radius 1 is 1.10 bits per heavy atom. The zero-order valence-electron chi connectivity index (χ0n) is 18.0. The average Bonchev–Trinajstić information content (AvgIpc) is 3.13. The molecular formula is C22H33N5O2. The number of nitrogens with zero attached hydrogens (tertiary/aromatic N) is 5. The first-order valence-corrected chi connectivity index (χ1v) is 11.0. The zero-order valence-corrected chi connectivity index (χ0v) is 18.0. The molecule has 158 valence electrons. The van der Waals surface area contributed by atoms with Gasteiger partial charge in [0, 0.05) is 25.4 Å². The molecule has 2 aliphatic heterocycles. The lowest BCUT2D eigenvalue weighted by Crippen LogP contribution is -2.44. The lowest BCUT2D eigenvalue weighted by Gasteiger charge is -2.36. The van der Waals surface area contributed by atoms with Gasteiger partial charge in [-0.2, -0.15) is 5.10 Å². The van der Waals surface area contributed by atoms with Gasteiger partial charge in [0.05, 0.1) is 29.5 Å². The molecule has 2 fully saturated rings. The molecule has 2 aromatic rings. The molecule has 0 N–H and O–H groups in total. The van der Waals surface area contributed by atoms with Crippen LogP contribution in [0, 0.1) is 13.8 Å². The van der Waals surface area contributed by atoms with Crippen molar-refractivity contribution in [3.63, 3.8) is 0 Å². The van der Waals surface area contributed by atoms with Crippen molar-refractivity contribution in [3.05, 3.63) is 23.1 Å². The van der Waals surface area contributed by atoms with E-state index in [1.54, 1.807) is 0 Å². The fraction of sp³-hybridized carbons (Fsp3) is 0.682. The van der Waals surface area contributed by atoms with Crippen molar-refractivity contribution in [1.82, 2.24) is 24.7 Å². The predicted molar refractivity (Wildman–Crippen MR) is 111 cm³/mol. The third-order valence-electron chi connectivity index (χ3n) is 6.46. The number of hydrogen-bond acceptors (Lipinski definition) is 5. The zero-order chi connectivity index (χ0) is 20.4. The highest BCUT2D eigenvalue weighted by Crippen LogP contribution is 2.37. The molecule has 4 rings (SSSR count). The second kappa shape index (κ2) is 8.69. The fourth-order valence-corrected chi connectivity index (χ4v) is 4.68. The summed E-state index contributed by atoms with van der Waals surface area (Å²) < 4.78 is 7.47. The summed E-state index contributed by atoms with van der Waals surface area (Å²) in [7, 11) is 1.93. The maximum atomic E-state index is 13.3. The summed E-state index contributed by atoms with van der Waals surface area (Å²) in [5, 5.41) is 8.91. The SMILES string of the molecule is Cc1noc(-c2cn(C)nc2[C@@H]2CCCCN2C(=O)CN2CCCCCC2)c1C. The Morgan fingerprint density at radius 3 is 2.52 bits per heavy atom. The molecule has 2 aromatic heterocycles.